The summed E-state index contributed by atoms with van der Waals surface area (Å²) in [5.41, 5.74) is 2.87. The Morgan fingerprint density at radius 2 is 1.95 bits per heavy atom. The Hall–Kier alpha value is -1.94. The van der Waals surface area contributed by atoms with Crippen LogP contribution in [0.2, 0.25) is 0 Å². The van der Waals surface area contributed by atoms with Crippen molar-refractivity contribution in [2.75, 3.05) is 0 Å². The van der Waals surface area contributed by atoms with E-state index in [4.69, 9.17) is 0 Å². The van der Waals surface area contributed by atoms with E-state index in [9.17, 15) is 4.79 Å². The Morgan fingerprint density at radius 1 is 1.16 bits per heavy atom. The average Bonchev–Trinajstić information content (AvgIpc) is 2.76. The number of benzene rings is 2. The fourth-order valence-corrected chi connectivity index (χ4v) is 2.62. The van der Waals surface area contributed by atoms with Gasteiger partial charge < -0.3 is 0 Å². The molecule has 0 saturated heterocycles. The minimum Gasteiger partial charge on any atom is -0.298 e. The molecule has 0 aliphatic carbocycles. The number of hydrogen-bond acceptors (Lipinski definition) is 2. The molecule has 0 fully saturated rings. The van der Waals surface area contributed by atoms with Crippen molar-refractivity contribution in [2.45, 2.75) is 6.54 Å². The van der Waals surface area contributed by atoms with Gasteiger partial charge in [0.25, 0.3) is 0 Å². The van der Waals surface area contributed by atoms with Gasteiger partial charge in [-0.1, -0.05) is 30.3 Å². The third-order valence-corrected chi connectivity index (χ3v) is 3.63. The summed E-state index contributed by atoms with van der Waals surface area (Å²) in [5, 5.41) is 5.44. The highest BCUT2D eigenvalue weighted by Crippen LogP contribution is 2.24. The molecule has 0 saturated carbocycles. The van der Waals surface area contributed by atoms with Crippen LogP contribution in [0, 0.1) is 0 Å². The van der Waals surface area contributed by atoms with E-state index in [0.717, 1.165) is 21.8 Å². The van der Waals surface area contributed by atoms with Crippen LogP contribution >= 0.6 is 15.9 Å². The zero-order valence-corrected chi connectivity index (χ0v) is 11.7. The van der Waals surface area contributed by atoms with Crippen molar-refractivity contribution in [3.8, 4) is 0 Å². The van der Waals surface area contributed by atoms with Gasteiger partial charge in [0.05, 0.1) is 12.1 Å². The van der Waals surface area contributed by atoms with Crippen LogP contribution in [0.25, 0.3) is 10.9 Å². The van der Waals surface area contributed by atoms with Crippen molar-refractivity contribution < 1.29 is 4.79 Å². The standard InChI is InChI=1S/C15H11BrN2O/c16-15-13-8-12(10-19)6-7-14(13)18(17-15)9-11-4-2-1-3-5-11/h1-8,10H,9H2. The Kier molecular flexibility index (Phi) is 3.17. The van der Waals surface area contributed by atoms with E-state index in [0.29, 0.717) is 12.1 Å². The number of aromatic nitrogens is 2. The van der Waals surface area contributed by atoms with Gasteiger partial charge in [-0.15, -0.1) is 0 Å². The first-order chi connectivity index (χ1) is 9.28. The lowest BCUT2D eigenvalue weighted by molar-refractivity contribution is 0.112. The molecule has 0 amide bonds. The first-order valence-corrected chi connectivity index (χ1v) is 6.72. The topological polar surface area (TPSA) is 34.9 Å². The molecule has 3 nitrogen and oxygen atoms in total. The summed E-state index contributed by atoms with van der Waals surface area (Å²) in [6, 6.07) is 15.8. The lowest BCUT2D eigenvalue weighted by Gasteiger charge is -2.03. The predicted molar refractivity (Wildman–Crippen MR) is 78.4 cm³/mol. The van der Waals surface area contributed by atoms with Crippen molar-refractivity contribution in [2.24, 2.45) is 0 Å². The van der Waals surface area contributed by atoms with Crippen LogP contribution in [0.1, 0.15) is 15.9 Å². The van der Waals surface area contributed by atoms with Crippen molar-refractivity contribution in [1.82, 2.24) is 9.78 Å². The van der Waals surface area contributed by atoms with Gasteiger partial charge in [-0.25, -0.2) is 0 Å². The third kappa shape index (κ3) is 2.31. The molecule has 3 rings (SSSR count). The Morgan fingerprint density at radius 3 is 2.68 bits per heavy atom. The van der Waals surface area contributed by atoms with Gasteiger partial charge in [-0.05, 0) is 39.7 Å². The summed E-state index contributed by atoms with van der Waals surface area (Å²) in [7, 11) is 0. The highest BCUT2D eigenvalue weighted by Gasteiger charge is 2.09. The van der Waals surface area contributed by atoms with E-state index >= 15 is 0 Å². The highest BCUT2D eigenvalue weighted by atomic mass is 79.9. The zero-order valence-electron chi connectivity index (χ0n) is 10.1. The molecular formula is C15H11BrN2O. The van der Waals surface area contributed by atoms with Crippen molar-refractivity contribution in [3.05, 3.63) is 64.3 Å². The van der Waals surface area contributed by atoms with Gasteiger partial charge in [0, 0.05) is 10.9 Å². The number of aldehydes is 1. The normalized spacial score (nSPS) is 10.8. The van der Waals surface area contributed by atoms with Crippen LogP contribution in [0.15, 0.2) is 53.1 Å². The SMILES string of the molecule is O=Cc1ccc2c(c1)c(Br)nn2Cc1ccccc1. The molecule has 0 aliphatic rings. The van der Waals surface area contributed by atoms with Gasteiger partial charge in [0.1, 0.15) is 10.9 Å². The van der Waals surface area contributed by atoms with Crippen LogP contribution in [0.5, 0.6) is 0 Å². The minimum absolute atomic E-state index is 0.660. The van der Waals surface area contributed by atoms with Crippen LogP contribution in [-0.4, -0.2) is 16.1 Å². The summed E-state index contributed by atoms with van der Waals surface area (Å²) < 4.78 is 2.70. The lowest BCUT2D eigenvalue weighted by atomic mass is 10.2. The van der Waals surface area contributed by atoms with Crippen LogP contribution in [0.4, 0.5) is 0 Å². The molecule has 4 heteroatoms. The first kappa shape index (κ1) is 12.1. The molecule has 19 heavy (non-hydrogen) atoms. The maximum absolute atomic E-state index is 10.8. The number of hydrogen-bond donors (Lipinski definition) is 0. The Labute approximate surface area is 119 Å². The molecule has 0 spiro atoms. The van der Waals surface area contributed by atoms with Gasteiger partial charge in [0.2, 0.25) is 0 Å². The molecule has 0 unspecified atom stereocenters. The second-order valence-corrected chi connectivity index (χ2v) is 5.08. The second kappa shape index (κ2) is 4.97. The number of nitrogens with zero attached hydrogens (tertiary/aromatic N) is 2. The Bertz CT molecular complexity index is 734. The number of halogens is 1. The Balaban J connectivity index is 2.07. The summed E-state index contributed by atoms with van der Waals surface area (Å²) in [6.45, 7) is 0.712. The predicted octanol–water partition coefficient (Wildman–Crippen LogP) is 3.66. The summed E-state index contributed by atoms with van der Waals surface area (Å²) in [4.78, 5) is 10.8. The molecule has 0 N–H and O–H groups in total. The van der Waals surface area contributed by atoms with Gasteiger partial charge in [-0.3, -0.25) is 9.48 Å². The molecular weight excluding hydrogens is 304 g/mol. The molecule has 94 valence electrons. The zero-order chi connectivity index (χ0) is 13.2. The fourth-order valence-electron chi connectivity index (χ4n) is 2.11. The molecule has 3 aromatic rings. The second-order valence-electron chi connectivity index (χ2n) is 4.33. The maximum Gasteiger partial charge on any atom is 0.150 e. The van der Waals surface area contributed by atoms with E-state index in [1.807, 2.05) is 41.1 Å². The summed E-state index contributed by atoms with van der Waals surface area (Å²) >= 11 is 3.45. The summed E-state index contributed by atoms with van der Waals surface area (Å²) in [6.07, 6.45) is 0.848. The molecule has 0 bridgehead atoms. The van der Waals surface area contributed by atoms with E-state index < -0.39 is 0 Å². The van der Waals surface area contributed by atoms with E-state index in [1.165, 1.54) is 5.56 Å². The quantitative estimate of drug-likeness (QED) is 0.691. The molecule has 1 aromatic heterocycles. The van der Waals surface area contributed by atoms with Crippen molar-refractivity contribution in [3.63, 3.8) is 0 Å². The van der Waals surface area contributed by atoms with E-state index in [-0.39, 0.29) is 0 Å². The highest BCUT2D eigenvalue weighted by molar-refractivity contribution is 9.10. The van der Waals surface area contributed by atoms with E-state index in [2.05, 4.69) is 33.2 Å². The third-order valence-electron chi connectivity index (χ3n) is 3.04. The molecule has 2 aromatic carbocycles. The van der Waals surface area contributed by atoms with Crippen LogP contribution in [0.3, 0.4) is 0 Å². The van der Waals surface area contributed by atoms with Crippen molar-refractivity contribution >= 4 is 33.1 Å². The van der Waals surface area contributed by atoms with Crippen LogP contribution in [-0.2, 0) is 6.54 Å². The van der Waals surface area contributed by atoms with Gasteiger partial charge >= 0.3 is 0 Å². The summed E-state index contributed by atoms with van der Waals surface area (Å²) in [5.74, 6) is 0. The lowest BCUT2D eigenvalue weighted by Crippen LogP contribution is -2.01. The average molecular weight is 315 g/mol. The maximum atomic E-state index is 10.8. The molecule has 0 radical (unpaired) electrons. The van der Waals surface area contributed by atoms with Crippen molar-refractivity contribution in [1.29, 1.82) is 0 Å². The molecule has 0 atom stereocenters. The van der Waals surface area contributed by atoms with E-state index in [1.54, 1.807) is 0 Å². The molecule has 1 heterocycles. The minimum atomic E-state index is 0.660. The fraction of sp³-hybridized carbons (Fsp3) is 0.0667. The largest absolute Gasteiger partial charge is 0.298 e. The monoisotopic (exact) mass is 314 g/mol. The number of carbonyl (C=O) groups is 1. The number of fused-ring (bicyclic) bond motifs is 1. The number of carbonyl (C=O) groups excluding carboxylic acids is 1. The van der Waals surface area contributed by atoms with Gasteiger partial charge in [-0.2, -0.15) is 5.10 Å². The first-order valence-electron chi connectivity index (χ1n) is 5.93. The van der Waals surface area contributed by atoms with Crippen LogP contribution < -0.4 is 0 Å². The molecule has 0 aliphatic heterocycles. The van der Waals surface area contributed by atoms with Gasteiger partial charge in [0.15, 0.2) is 0 Å². The number of rotatable bonds is 3. The smallest absolute Gasteiger partial charge is 0.150 e.